The lowest BCUT2D eigenvalue weighted by atomic mass is 9.92. The lowest BCUT2D eigenvalue weighted by Crippen LogP contribution is -2.40. The molecule has 5 nitrogen and oxygen atoms in total. The number of rotatable bonds is 5. The average molecular weight is 335 g/mol. The summed E-state index contributed by atoms with van der Waals surface area (Å²) >= 11 is 0. The van der Waals surface area contributed by atoms with Crippen molar-refractivity contribution in [3.05, 3.63) is 48.1 Å². The number of hydrogen-bond acceptors (Lipinski definition) is 3. The quantitative estimate of drug-likeness (QED) is 0.883. The number of amides is 1. The highest BCUT2D eigenvalue weighted by Crippen LogP contribution is 2.25. The Kier molecular flexibility index (Phi) is 5.08. The molecule has 0 unspecified atom stereocenters. The zero-order valence-corrected chi connectivity index (χ0v) is 13.1. The molecular formula is C17H19F2N3O2. The van der Waals surface area contributed by atoms with Gasteiger partial charge in [-0.25, -0.2) is 13.8 Å². The second-order valence-corrected chi connectivity index (χ2v) is 6.02. The van der Waals surface area contributed by atoms with Crippen molar-refractivity contribution in [3.8, 4) is 5.75 Å². The van der Waals surface area contributed by atoms with Gasteiger partial charge >= 0.3 is 0 Å². The van der Waals surface area contributed by atoms with Crippen LogP contribution in [0.4, 0.5) is 8.78 Å². The van der Waals surface area contributed by atoms with Crippen molar-refractivity contribution in [3.63, 3.8) is 0 Å². The molecule has 1 saturated carbocycles. The Balaban J connectivity index is 1.44. The van der Waals surface area contributed by atoms with E-state index in [9.17, 15) is 13.6 Å². The van der Waals surface area contributed by atoms with Crippen LogP contribution in [0.1, 0.15) is 31.4 Å². The van der Waals surface area contributed by atoms with Crippen LogP contribution in [0.25, 0.3) is 0 Å². The van der Waals surface area contributed by atoms with Crippen molar-refractivity contribution in [1.82, 2.24) is 15.3 Å². The summed E-state index contributed by atoms with van der Waals surface area (Å²) in [5.41, 5.74) is 0.776. The number of ether oxygens (including phenoxy) is 1. The van der Waals surface area contributed by atoms with Gasteiger partial charge < -0.3 is 15.0 Å². The number of carbonyl (C=O) groups excluding carboxylic acids is 1. The first-order valence-electron chi connectivity index (χ1n) is 7.98. The van der Waals surface area contributed by atoms with E-state index in [1.807, 2.05) is 0 Å². The third-order valence-corrected chi connectivity index (χ3v) is 4.08. The number of nitrogens with one attached hydrogen (secondary N) is 2. The first-order valence-corrected chi connectivity index (χ1v) is 7.98. The molecule has 1 aliphatic carbocycles. The molecule has 2 N–H and O–H groups in total. The lowest BCUT2D eigenvalue weighted by molar-refractivity contribution is -0.121. The summed E-state index contributed by atoms with van der Waals surface area (Å²) in [7, 11) is 0. The number of hydrogen-bond donors (Lipinski definition) is 2. The Morgan fingerprint density at radius 3 is 2.54 bits per heavy atom. The fraction of sp³-hybridized carbons (Fsp3) is 0.412. The molecule has 0 spiro atoms. The van der Waals surface area contributed by atoms with Gasteiger partial charge in [0.05, 0.1) is 18.9 Å². The van der Waals surface area contributed by atoms with E-state index in [0.29, 0.717) is 0 Å². The third kappa shape index (κ3) is 4.53. The van der Waals surface area contributed by atoms with E-state index in [0.717, 1.165) is 37.4 Å². The lowest BCUT2D eigenvalue weighted by Gasteiger charge is -2.29. The SMILES string of the molecule is O=C(Cc1cnc[nH]1)NC1CCC(Oc2cc(F)cc(F)c2)CC1. The minimum atomic E-state index is -0.648. The molecule has 0 radical (unpaired) electrons. The van der Waals surface area contributed by atoms with Gasteiger partial charge in [0.25, 0.3) is 0 Å². The van der Waals surface area contributed by atoms with Crippen molar-refractivity contribution in [1.29, 1.82) is 0 Å². The maximum atomic E-state index is 13.2. The maximum absolute atomic E-state index is 13.2. The Bertz CT molecular complexity index is 663. The Morgan fingerprint density at radius 1 is 1.21 bits per heavy atom. The zero-order chi connectivity index (χ0) is 16.9. The van der Waals surface area contributed by atoms with Crippen molar-refractivity contribution in [2.75, 3.05) is 0 Å². The standard InChI is InChI=1S/C17H19F2N3O2/c18-11-5-12(19)7-16(6-11)24-15-3-1-13(2-4-15)22-17(23)8-14-9-20-10-21-14/h5-7,9-10,13,15H,1-4,8H2,(H,20,21)(H,22,23). The molecule has 1 heterocycles. The fourth-order valence-corrected chi connectivity index (χ4v) is 2.95. The number of aromatic amines is 1. The van der Waals surface area contributed by atoms with Crippen LogP contribution in [0.5, 0.6) is 5.75 Å². The number of carbonyl (C=O) groups is 1. The van der Waals surface area contributed by atoms with E-state index in [-0.39, 0.29) is 30.2 Å². The van der Waals surface area contributed by atoms with Crippen LogP contribution in [-0.4, -0.2) is 28.0 Å². The molecule has 1 aliphatic rings. The molecule has 1 amide bonds. The second-order valence-electron chi connectivity index (χ2n) is 6.02. The van der Waals surface area contributed by atoms with Crippen molar-refractivity contribution in [2.24, 2.45) is 0 Å². The van der Waals surface area contributed by atoms with Gasteiger partial charge in [-0.1, -0.05) is 0 Å². The van der Waals surface area contributed by atoms with Crippen LogP contribution in [-0.2, 0) is 11.2 Å². The van der Waals surface area contributed by atoms with Crippen LogP contribution in [0, 0.1) is 11.6 Å². The first kappa shape index (κ1) is 16.4. The largest absolute Gasteiger partial charge is 0.490 e. The predicted molar refractivity (Wildman–Crippen MR) is 83.5 cm³/mol. The van der Waals surface area contributed by atoms with Gasteiger partial charge in [-0.2, -0.15) is 0 Å². The van der Waals surface area contributed by atoms with Crippen molar-refractivity contribution >= 4 is 5.91 Å². The fourth-order valence-electron chi connectivity index (χ4n) is 2.95. The maximum Gasteiger partial charge on any atom is 0.226 e. The van der Waals surface area contributed by atoms with Crippen LogP contribution in [0.2, 0.25) is 0 Å². The molecule has 1 aromatic carbocycles. The number of nitrogens with zero attached hydrogens (tertiary/aromatic N) is 1. The number of aromatic nitrogens is 2. The number of benzene rings is 1. The molecule has 0 saturated heterocycles. The molecule has 1 fully saturated rings. The molecular weight excluding hydrogens is 316 g/mol. The van der Waals surface area contributed by atoms with E-state index in [1.165, 1.54) is 12.1 Å². The van der Waals surface area contributed by atoms with Gasteiger partial charge in [-0.05, 0) is 25.7 Å². The van der Waals surface area contributed by atoms with E-state index in [2.05, 4.69) is 15.3 Å². The summed E-state index contributed by atoms with van der Waals surface area (Å²) < 4.78 is 32.0. The minimum absolute atomic E-state index is 0.0455. The Hall–Kier alpha value is -2.44. The van der Waals surface area contributed by atoms with Gasteiger partial charge in [0.1, 0.15) is 17.4 Å². The van der Waals surface area contributed by atoms with E-state index >= 15 is 0 Å². The van der Waals surface area contributed by atoms with Gasteiger partial charge in [0.2, 0.25) is 5.91 Å². The van der Waals surface area contributed by atoms with Crippen molar-refractivity contribution in [2.45, 2.75) is 44.2 Å². The van der Waals surface area contributed by atoms with Crippen LogP contribution in [0.15, 0.2) is 30.7 Å². The van der Waals surface area contributed by atoms with Gasteiger partial charge in [-0.15, -0.1) is 0 Å². The normalized spacial score (nSPS) is 20.6. The molecule has 3 rings (SSSR count). The first-order chi connectivity index (χ1) is 11.6. The second kappa shape index (κ2) is 7.42. The van der Waals surface area contributed by atoms with E-state index < -0.39 is 11.6 Å². The van der Waals surface area contributed by atoms with Gasteiger partial charge in [0, 0.05) is 36.1 Å². The molecule has 2 aromatic rings. The smallest absolute Gasteiger partial charge is 0.226 e. The molecule has 24 heavy (non-hydrogen) atoms. The van der Waals surface area contributed by atoms with Crippen LogP contribution >= 0.6 is 0 Å². The summed E-state index contributed by atoms with van der Waals surface area (Å²) in [4.78, 5) is 18.7. The summed E-state index contributed by atoms with van der Waals surface area (Å²) in [6, 6.07) is 3.28. The highest BCUT2D eigenvalue weighted by atomic mass is 19.1. The van der Waals surface area contributed by atoms with Crippen molar-refractivity contribution < 1.29 is 18.3 Å². The monoisotopic (exact) mass is 335 g/mol. The molecule has 1 aromatic heterocycles. The molecule has 0 bridgehead atoms. The topological polar surface area (TPSA) is 67.0 Å². The molecule has 128 valence electrons. The number of imidazole rings is 1. The number of halogens is 2. The average Bonchev–Trinajstić information content (AvgIpc) is 3.01. The number of H-pyrrole nitrogens is 1. The third-order valence-electron chi connectivity index (χ3n) is 4.08. The Labute approximate surface area is 138 Å². The highest BCUT2D eigenvalue weighted by Gasteiger charge is 2.24. The van der Waals surface area contributed by atoms with Gasteiger partial charge in [0.15, 0.2) is 0 Å². The summed E-state index contributed by atoms with van der Waals surface area (Å²) in [6.07, 6.45) is 6.36. The highest BCUT2D eigenvalue weighted by molar-refractivity contribution is 5.78. The minimum Gasteiger partial charge on any atom is -0.490 e. The Morgan fingerprint density at radius 2 is 1.92 bits per heavy atom. The molecule has 0 aliphatic heterocycles. The van der Waals surface area contributed by atoms with E-state index in [4.69, 9.17) is 4.74 Å². The zero-order valence-electron chi connectivity index (χ0n) is 13.1. The van der Waals surface area contributed by atoms with E-state index in [1.54, 1.807) is 12.5 Å². The summed E-state index contributed by atoms with van der Waals surface area (Å²) in [5.74, 6) is -1.13. The predicted octanol–water partition coefficient (Wildman–Crippen LogP) is 2.74. The summed E-state index contributed by atoms with van der Waals surface area (Å²) in [6.45, 7) is 0. The summed E-state index contributed by atoms with van der Waals surface area (Å²) in [5, 5.41) is 3.00. The van der Waals surface area contributed by atoms with Gasteiger partial charge in [-0.3, -0.25) is 4.79 Å². The van der Waals surface area contributed by atoms with Crippen LogP contribution < -0.4 is 10.1 Å². The van der Waals surface area contributed by atoms with Crippen LogP contribution in [0.3, 0.4) is 0 Å². The molecule has 7 heteroatoms. The molecule has 0 atom stereocenters.